The molecule has 8 heteroatoms. The number of aliphatic hydroxyl groups is 2. The van der Waals surface area contributed by atoms with Crippen molar-refractivity contribution in [2.45, 2.75) is 23.2 Å². The van der Waals surface area contributed by atoms with Gasteiger partial charge in [0.2, 0.25) is 0 Å². The van der Waals surface area contributed by atoms with Crippen molar-refractivity contribution in [2.75, 3.05) is 33.9 Å². The molecule has 0 radical (unpaired) electrons. The van der Waals surface area contributed by atoms with Crippen molar-refractivity contribution in [3.8, 4) is 17.6 Å². The number of methoxy groups -OCH3 is 1. The first-order valence-corrected chi connectivity index (χ1v) is 11.8. The van der Waals surface area contributed by atoms with Crippen LogP contribution in [0.1, 0.15) is 28.2 Å². The summed E-state index contributed by atoms with van der Waals surface area (Å²) in [5, 5.41) is 34.1. The van der Waals surface area contributed by atoms with Gasteiger partial charge in [0.1, 0.15) is 18.2 Å². The number of hydrogen-bond acceptors (Lipinski definition) is 7. The van der Waals surface area contributed by atoms with Crippen LogP contribution in [0, 0.1) is 17.2 Å². The zero-order valence-corrected chi connectivity index (χ0v) is 20.1. The van der Waals surface area contributed by atoms with Gasteiger partial charge in [-0.2, -0.15) is 5.26 Å². The molecule has 7 nitrogen and oxygen atoms in total. The molecule has 0 spiro atoms. The Morgan fingerprint density at radius 1 is 1.17 bits per heavy atom. The minimum Gasteiger partial charge on any atom is -0.495 e. The zero-order valence-electron chi connectivity index (χ0n) is 20.1. The van der Waals surface area contributed by atoms with Gasteiger partial charge < -0.3 is 24.6 Å². The topological polar surface area (TPSA) is 98.8 Å². The van der Waals surface area contributed by atoms with Crippen molar-refractivity contribution in [3.63, 3.8) is 0 Å². The van der Waals surface area contributed by atoms with E-state index in [-0.39, 0.29) is 6.54 Å². The lowest BCUT2D eigenvalue weighted by Gasteiger charge is -2.41. The second-order valence-corrected chi connectivity index (χ2v) is 9.46. The van der Waals surface area contributed by atoms with Crippen molar-refractivity contribution < 1.29 is 24.1 Å². The summed E-state index contributed by atoms with van der Waals surface area (Å²) in [4.78, 5) is 6.03. The predicted octanol–water partition coefficient (Wildman–Crippen LogP) is 3.11. The molecule has 36 heavy (non-hydrogen) atoms. The smallest absolute Gasteiger partial charge is 0.177 e. The van der Waals surface area contributed by atoms with Crippen LogP contribution >= 0.6 is 0 Å². The molecule has 1 aliphatic heterocycles. The highest BCUT2D eigenvalue weighted by molar-refractivity contribution is 5.59. The molecule has 1 aliphatic carbocycles. The third kappa shape index (κ3) is 3.31. The number of fused-ring (bicyclic) bond motifs is 3. The average Bonchev–Trinajstić information content (AvgIpc) is 3.28. The van der Waals surface area contributed by atoms with E-state index in [2.05, 4.69) is 11.1 Å². The number of nitriles is 1. The van der Waals surface area contributed by atoms with Crippen molar-refractivity contribution >= 4 is 0 Å². The predicted molar refractivity (Wildman–Crippen MR) is 130 cm³/mol. The van der Waals surface area contributed by atoms with E-state index in [9.17, 15) is 19.9 Å². The van der Waals surface area contributed by atoms with Gasteiger partial charge in [0.15, 0.2) is 11.2 Å². The van der Waals surface area contributed by atoms with Gasteiger partial charge in [0, 0.05) is 24.9 Å². The number of aromatic nitrogens is 1. The van der Waals surface area contributed by atoms with Crippen LogP contribution in [-0.2, 0) is 11.2 Å². The Labute approximate surface area is 209 Å². The fourth-order valence-corrected chi connectivity index (χ4v) is 6.12. The molecule has 5 atom stereocenters. The van der Waals surface area contributed by atoms with Gasteiger partial charge in [-0.15, -0.1) is 0 Å². The molecular formula is C28H28FN3O4. The number of alkyl halides is 1. The Morgan fingerprint density at radius 3 is 2.53 bits per heavy atom. The highest BCUT2D eigenvalue weighted by Crippen LogP contribution is 2.69. The van der Waals surface area contributed by atoms with Crippen molar-refractivity contribution in [2.24, 2.45) is 5.92 Å². The van der Waals surface area contributed by atoms with Crippen LogP contribution in [0.5, 0.6) is 11.5 Å². The third-order valence-electron chi connectivity index (χ3n) is 7.60. The minimum atomic E-state index is -1.92. The highest BCUT2D eigenvalue weighted by Gasteiger charge is 2.76. The molecule has 3 aromatic rings. The lowest BCUT2D eigenvalue weighted by molar-refractivity contribution is -0.152. The Hall–Kier alpha value is -3.51. The van der Waals surface area contributed by atoms with Gasteiger partial charge >= 0.3 is 0 Å². The molecule has 0 saturated heterocycles. The van der Waals surface area contributed by atoms with E-state index in [0.29, 0.717) is 34.7 Å². The van der Waals surface area contributed by atoms with E-state index in [1.165, 1.54) is 19.5 Å². The molecule has 1 aromatic heterocycles. The summed E-state index contributed by atoms with van der Waals surface area (Å²) < 4.78 is 25.5. The number of halogens is 1. The number of pyridine rings is 1. The molecule has 2 aromatic carbocycles. The number of benzene rings is 2. The van der Waals surface area contributed by atoms with Crippen LogP contribution in [0.3, 0.4) is 0 Å². The van der Waals surface area contributed by atoms with Gasteiger partial charge in [-0.25, -0.2) is 4.39 Å². The van der Waals surface area contributed by atoms with Gasteiger partial charge in [-0.05, 0) is 30.3 Å². The van der Waals surface area contributed by atoms with Crippen LogP contribution in [0.4, 0.5) is 4.39 Å². The lowest BCUT2D eigenvalue weighted by Crippen LogP contribution is -2.52. The Balaban J connectivity index is 1.81. The SMILES string of the molecule is COc1cncc2c1[C@]1(O)[C@H](O)[C@H](CN(C)CCF)[C@@H](c3ccccc3)[C@]1(c1ccc(C#N)cc1)O2. The largest absolute Gasteiger partial charge is 0.495 e. The molecule has 5 rings (SSSR count). The van der Waals surface area contributed by atoms with Crippen LogP contribution < -0.4 is 9.47 Å². The monoisotopic (exact) mass is 489 g/mol. The van der Waals surface area contributed by atoms with E-state index in [1.807, 2.05) is 35.2 Å². The number of nitrogens with zero attached hydrogens (tertiary/aromatic N) is 3. The molecule has 0 amide bonds. The second kappa shape index (κ2) is 9.17. The van der Waals surface area contributed by atoms with Gasteiger partial charge in [0.05, 0.1) is 42.8 Å². The number of ether oxygens (including phenoxy) is 2. The second-order valence-electron chi connectivity index (χ2n) is 9.46. The quantitative estimate of drug-likeness (QED) is 0.526. The van der Waals surface area contributed by atoms with Crippen LogP contribution in [-0.4, -0.2) is 60.1 Å². The minimum absolute atomic E-state index is 0.192. The molecule has 0 bridgehead atoms. The van der Waals surface area contributed by atoms with E-state index < -0.39 is 35.8 Å². The summed E-state index contributed by atoms with van der Waals surface area (Å²) >= 11 is 0. The summed E-state index contributed by atoms with van der Waals surface area (Å²) in [7, 11) is 3.27. The zero-order chi connectivity index (χ0) is 25.5. The summed E-state index contributed by atoms with van der Waals surface area (Å²) in [6.07, 6.45) is 1.71. The fourth-order valence-electron chi connectivity index (χ4n) is 6.12. The maximum atomic E-state index is 13.2. The molecule has 1 saturated carbocycles. The van der Waals surface area contributed by atoms with E-state index in [0.717, 1.165) is 5.56 Å². The first-order valence-electron chi connectivity index (χ1n) is 11.8. The fraction of sp³-hybridized carbons (Fsp3) is 0.357. The standard InChI is InChI=1S/C28H28FN3O4/c1-32(13-12-29)17-21-24(19-6-4-3-5-7-19)28(20-10-8-18(14-30)9-11-20)27(34,26(21)33)25-22(35-2)15-31-16-23(25)36-28/h3-11,15-16,21,24,26,33-34H,12-13,17H2,1-2H3/t21-,24-,26-,27+,28+/m1/s1. The normalized spacial score (nSPS) is 28.3. The Kier molecular flexibility index (Phi) is 6.17. The van der Waals surface area contributed by atoms with Crippen molar-refractivity contribution in [1.82, 2.24) is 9.88 Å². The van der Waals surface area contributed by atoms with Crippen LogP contribution in [0.2, 0.25) is 0 Å². The van der Waals surface area contributed by atoms with E-state index in [1.54, 1.807) is 31.3 Å². The molecule has 0 unspecified atom stereocenters. The first-order chi connectivity index (χ1) is 17.4. The third-order valence-corrected chi connectivity index (χ3v) is 7.60. The molecule has 1 fully saturated rings. The van der Waals surface area contributed by atoms with Crippen molar-refractivity contribution in [1.29, 1.82) is 5.26 Å². The maximum Gasteiger partial charge on any atom is 0.177 e. The Bertz CT molecular complexity index is 1280. The van der Waals surface area contributed by atoms with Gasteiger partial charge in [-0.3, -0.25) is 4.98 Å². The number of aliphatic hydroxyl groups excluding tert-OH is 1. The summed E-state index contributed by atoms with van der Waals surface area (Å²) in [5.74, 6) is -0.452. The number of hydrogen-bond donors (Lipinski definition) is 2. The summed E-state index contributed by atoms with van der Waals surface area (Å²) in [6, 6.07) is 18.6. The molecule has 186 valence electrons. The molecular weight excluding hydrogens is 461 g/mol. The van der Waals surface area contributed by atoms with Gasteiger partial charge in [-0.1, -0.05) is 42.5 Å². The maximum absolute atomic E-state index is 13.2. The number of rotatable bonds is 7. The summed E-state index contributed by atoms with van der Waals surface area (Å²) in [5.41, 5.74) is -1.15. The lowest BCUT2D eigenvalue weighted by atomic mass is 9.70. The van der Waals surface area contributed by atoms with Crippen LogP contribution in [0.25, 0.3) is 0 Å². The Morgan fingerprint density at radius 2 is 1.89 bits per heavy atom. The van der Waals surface area contributed by atoms with Crippen molar-refractivity contribution in [3.05, 3.63) is 89.2 Å². The summed E-state index contributed by atoms with van der Waals surface area (Å²) in [6.45, 7) is -0.0199. The molecule has 2 heterocycles. The first kappa shape index (κ1) is 24.2. The highest BCUT2D eigenvalue weighted by atomic mass is 19.1. The molecule has 2 aliphatic rings. The van der Waals surface area contributed by atoms with E-state index in [4.69, 9.17) is 9.47 Å². The molecule has 2 N–H and O–H groups in total. The average molecular weight is 490 g/mol. The van der Waals surface area contributed by atoms with Gasteiger partial charge in [0.25, 0.3) is 0 Å². The van der Waals surface area contributed by atoms with E-state index >= 15 is 0 Å². The van der Waals surface area contributed by atoms with Crippen LogP contribution in [0.15, 0.2) is 67.0 Å².